The summed E-state index contributed by atoms with van der Waals surface area (Å²) in [4.78, 5) is 15.1. The lowest BCUT2D eigenvalue weighted by molar-refractivity contribution is 0.0999. The second-order valence-electron chi connectivity index (χ2n) is 4.74. The molecule has 0 aromatic carbocycles. The van der Waals surface area contributed by atoms with Crippen LogP contribution in [-0.2, 0) is 0 Å². The van der Waals surface area contributed by atoms with Crippen LogP contribution < -0.4 is 16.2 Å². The van der Waals surface area contributed by atoms with Gasteiger partial charge in [0, 0.05) is 17.8 Å². The summed E-state index contributed by atoms with van der Waals surface area (Å²) in [5.74, 6) is 1.02. The molecule has 1 aliphatic rings. The molecule has 5 nitrogen and oxygen atoms in total. The molecule has 0 radical (unpaired) electrons. The van der Waals surface area contributed by atoms with E-state index in [1.807, 2.05) is 0 Å². The maximum absolute atomic E-state index is 11.0. The van der Waals surface area contributed by atoms with Gasteiger partial charge in [-0.2, -0.15) is 0 Å². The van der Waals surface area contributed by atoms with Crippen molar-refractivity contribution >= 4 is 5.91 Å². The Balaban J connectivity index is 1.93. The Kier molecular flexibility index (Phi) is 4.15. The van der Waals surface area contributed by atoms with Gasteiger partial charge in [-0.25, -0.2) is 4.98 Å². The van der Waals surface area contributed by atoms with Crippen molar-refractivity contribution in [1.82, 2.24) is 4.98 Å². The van der Waals surface area contributed by atoms with Crippen LogP contribution in [0.2, 0.25) is 0 Å². The average molecular weight is 249 g/mol. The van der Waals surface area contributed by atoms with Crippen LogP contribution in [0.1, 0.15) is 29.6 Å². The van der Waals surface area contributed by atoms with Gasteiger partial charge in [0.2, 0.25) is 11.8 Å². The van der Waals surface area contributed by atoms with Gasteiger partial charge in [0.1, 0.15) is 0 Å². The number of aromatic nitrogens is 1. The highest BCUT2D eigenvalue weighted by atomic mass is 16.5. The molecular formula is C13H19N3O2. The van der Waals surface area contributed by atoms with Crippen LogP contribution in [0.4, 0.5) is 0 Å². The quantitative estimate of drug-likeness (QED) is 0.812. The van der Waals surface area contributed by atoms with Crippen LogP contribution in [0.15, 0.2) is 18.3 Å². The second kappa shape index (κ2) is 5.82. The van der Waals surface area contributed by atoms with E-state index in [2.05, 4.69) is 4.98 Å². The lowest BCUT2D eigenvalue weighted by atomic mass is 9.97. The third-order valence-corrected chi connectivity index (χ3v) is 3.58. The average Bonchev–Trinajstić information content (AvgIpc) is 2.84. The van der Waals surface area contributed by atoms with Crippen molar-refractivity contribution in [3.05, 3.63) is 23.9 Å². The summed E-state index contributed by atoms with van der Waals surface area (Å²) >= 11 is 0. The molecule has 0 spiro atoms. The van der Waals surface area contributed by atoms with Crippen LogP contribution in [-0.4, -0.2) is 24.0 Å². The first kappa shape index (κ1) is 12.8. The summed E-state index contributed by atoms with van der Waals surface area (Å²) in [7, 11) is 0. The smallest absolute Gasteiger partial charge is 0.248 e. The Morgan fingerprint density at radius 3 is 2.94 bits per heavy atom. The highest BCUT2D eigenvalue weighted by Crippen LogP contribution is 2.31. The molecule has 98 valence electrons. The van der Waals surface area contributed by atoms with Gasteiger partial charge in [-0.15, -0.1) is 0 Å². The van der Waals surface area contributed by atoms with Crippen molar-refractivity contribution in [1.29, 1.82) is 0 Å². The molecule has 1 heterocycles. The van der Waals surface area contributed by atoms with Crippen LogP contribution in [0.25, 0.3) is 0 Å². The zero-order chi connectivity index (χ0) is 13.0. The van der Waals surface area contributed by atoms with E-state index in [1.54, 1.807) is 12.1 Å². The van der Waals surface area contributed by atoms with Crippen molar-refractivity contribution in [2.75, 3.05) is 13.2 Å². The zero-order valence-electron chi connectivity index (χ0n) is 10.3. The maximum atomic E-state index is 11.0. The fraction of sp³-hybridized carbons (Fsp3) is 0.538. The largest absolute Gasteiger partial charge is 0.477 e. The lowest BCUT2D eigenvalue weighted by Crippen LogP contribution is -2.23. The fourth-order valence-corrected chi connectivity index (χ4v) is 2.48. The van der Waals surface area contributed by atoms with Gasteiger partial charge < -0.3 is 16.2 Å². The molecular weight excluding hydrogens is 230 g/mol. The second-order valence-corrected chi connectivity index (χ2v) is 4.74. The van der Waals surface area contributed by atoms with Gasteiger partial charge in [-0.05, 0) is 37.3 Å². The third-order valence-electron chi connectivity index (χ3n) is 3.58. The predicted molar refractivity (Wildman–Crippen MR) is 68.1 cm³/mol. The number of ether oxygens (including phenoxy) is 1. The summed E-state index contributed by atoms with van der Waals surface area (Å²) in [6.07, 6.45) is 5.08. The van der Waals surface area contributed by atoms with E-state index in [1.165, 1.54) is 19.0 Å². The third kappa shape index (κ3) is 2.98. The Labute approximate surface area is 107 Å². The van der Waals surface area contributed by atoms with Crippen LogP contribution in [0.5, 0.6) is 5.88 Å². The Morgan fingerprint density at radius 2 is 2.22 bits per heavy atom. The number of rotatable bonds is 5. The standard InChI is InChI=1S/C13H19N3O2/c14-7-10-2-1-3-11(10)8-18-12-6-9(13(15)17)4-5-16-12/h4-6,10-11H,1-3,7-8,14H2,(H2,15,17). The van der Waals surface area contributed by atoms with E-state index in [-0.39, 0.29) is 0 Å². The molecule has 0 saturated heterocycles. The highest BCUT2D eigenvalue weighted by Gasteiger charge is 2.26. The van der Waals surface area contributed by atoms with Crippen molar-refractivity contribution in [3.8, 4) is 5.88 Å². The van der Waals surface area contributed by atoms with Gasteiger partial charge in [0.05, 0.1) is 6.61 Å². The maximum Gasteiger partial charge on any atom is 0.248 e. The van der Waals surface area contributed by atoms with Gasteiger partial charge in [-0.1, -0.05) is 6.42 Å². The van der Waals surface area contributed by atoms with E-state index in [4.69, 9.17) is 16.2 Å². The van der Waals surface area contributed by atoms with Crippen LogP contribution in [0, 0.1) is 11.8 Å². The number of pyridine rings is 1. The molecule has 1 amide bonds. The van der Waals surface area contributed by atoms with Crippen LogP contribution >= 0.6 is 0 Å². The molecule has 2 rings (SSSR count). The van der Waals surface area contributed by atoms with Gasteiger partial charge >= 0.3 is 0 Å². The zero-order valence-corrected chi connectivity index (χ0v) is 10.3. The number of carbonyl (C=O) groups excluding carboxylic acids is 1. The van der Waals surface area contributed by atoms with Gasteiger partial charge in [0.25, 0.3) is 0 Å². The molecule has 1 aliphatic carbocycles. The highest BCUT2D eigenvalue weighted by molar-refractivity contribution is 5.92. The molecule has 2 unspecified atom stereocenters. The topological polar surface area (TPSA) is 91.2 Å². The monoisotopic (exact) mass is 249 g/mol. The summed E-state index contributed by atoms with van der Waals surface area (Å²) in [6.45, 7) is 1.32. The number of carbonyl (C=O) groups is 1. The van der Waals surface area contributed by atoms with Crippen LogP contribution in [0.3, 0.4) is 0 Å². The number of amides is 1. The van der Waals surface area contributed by atoms with Crippen molar-refractivity contribution in [2.45, 2.75) is 19.3 Å². The lowest BCUT2D eigenvalue weighted by Gasteiger charge is -2.17. The number of hydrogen-bond acceptors (Lipinski definition) is 4. The van der Waals surface area contributed by atoms with E-state index >= 15 is 0 Å². The van der Waals surface area contributed by atoms with Crippen molar-refractivity contribution in [2.24, 2.45) is 23.3 Å². The minimum absolute atomic E-state index is 0.418. The number of hydrogen-bond donors (Lipinski definition) is 2. The molecule has 0 aliphatic heterocycles. The molecule has 1 fully saturated rings. The Hall–Kier alpha value is -1.62. The normalized spacial score (nSPS) is 22.9. The molecule has 4 N–H and O–H groups in total. The molecule has 18 heavy (non-hydrogen) atoms. The van der Waals surface area contributed by atoms with Gasteiger partial charge in [-0.3, -0.25) is 4.79 Å². The molecule has 5 heteroatoms. The van der Waals surface area contributed by atoms with Gasteiger partial charge in [0.15, 0.2) is 0 Å². The first-order chi connectivity index (χ1) is 8.70. The summed E-state index contributed by atoms with van der Waals surface area (Å²) in [5.41, 5.74) is 11.3. The first-order valence-electron chi connectivity index (χ1n) is 6.29. The molecule has 2 atom stereocenters. The van der Waals surface area contributed by atoms with E-state index < -0.39 is 5.91 Å². The minimum Gasteiger partial charge on any atom is -0.477 e. The predicted octanol–water partition coefficient (Wildman–Crippen LogP) is 0.934. The summed E-state index contributed by atoms with van der Waals surface area (Å²) in [6, 6.07) is 3.15. The molecule has 1 aromatic heterocycles. The van der Waals surface area contributed by atoms with Crippen molar-refractivity contribution in [3.63, 3.8) is 0 Å². The molecule has 1 aromatic rings. The number of nitrogens with two attached hydrogens (primary N) is 2. The minimum atomic E-state index is -0.469. The van der Waals surface area contributed by atoms with Crippen molar-refractivity contribution < 1.29 is 9.53 Å². The number of primary amides is 1. The fourth-order valence-electron chi connectivity index (χ4n) is 2.48. The van der Waals surface area contributed by atoms with E-state index in [0.29, 0.717) is 36.4 Å². The number of nitrogens with zero attached hydrogens (tertiary/aromatic N) is 1. The molecule has 0 bridgehead atoms. The molecule has 1 saturated carbocycles. The SMILES string of the molecule is NCC1CCCC1COc1cc(C(N)=O)ccn1. The Bertz CT molecular complexity index is 422. The summed E-state index contributed by atoms with van der Waals surface area (Å²) < 4.78 is 5.64. The van der Waals surface area contributed by atoms with E-state index in [9.17, 15) is 4.79 Å². The summed E-state index contributed by atoms with van der Waals surface area (Å²) in [5, 5.41) is 0. The first-order valence-corrected chi connectivity index (χ1v) is 6.29. The van der Waals surface area contributed by atoms with E-state index in [0.717, 1.165) is 6.42 Å². The Morgan fingerprint density at radius 1 is 1.44 bits per heavy atom.